The number of imidazole rings is 1. The molecule has 0 amide bonds. The van der Waals surface area contributed by atoms with Gasteiger partial charge in [-0.25, -0.2) is 9.78 Å². The topological polar surface area (TPSA) is 43.6 Å². The van der Waals surface area contributed by atoms with Gasteiger partial charge in [-0.1, -0.05) is 0 Å². The van der Waals surface area contributed by atoms with E-state index >= 15 is 0 Å². The summed E-state index contributed by atoms with van der Waals surface area (Å²) in [5.74, 6) is 2.95. The summed E-state index contributed by atoms with van der Waals surface area (Å²) in [6.07, 6.45) is 7.46. The van der Waals surface area contributed by atoms with Crippen LogP contribution in [-0.2, 0) is 11.2 Å². The van der Waals surface area contributed by atoms with Crippen LogP contribution in [0.5, 0.6) is 0 Å². The second-order valence-corrected chi connectivity index (χ2v) is 6.34. The average molecular weight is 290 g/mol. The molecule has 0 N–H and O–H groups in total. The number of rotatable bonds is 3. The number of hydrogen-bond acceptors (Lipinski definition) is 4. The molecule has 0 aromatic carbocycles. The van der Waals surface area contributed by atoms with Crippen LogP contribution in [0.4, 0.5) is 0 Å². The van der Waals surface area contributed by atoms with Crippen LogP contribution in [0.3, 0.4) is 0 Å². The molecule has 4 nitrogen and oxygen atoms in total. The Morgan fingerprint density at radius 1 is 1.50 bits per heavy atom. The number of carbonyl (C=O) groups excluding carboxylic acids is 1. The molecule has 0 bridgehead atoms. The van der Waals surface area contributed by atoms with Gasteiger partial charge in [-0.15, -0.1) is 0 Å². The van der Waals surface area contributed by atoms with Crippen molar-refractivity contribution in [2.45, 2.75) is 19.3 Å². The van der Waals surface area contributed by atoms with Gasteiger partial charge in [0.2, 0.25) is 0 Å². The second-order valence-electron chi connectivity index (χ2n) is 5.19. The van der Waals surface area contributed by atoms with Crippen LogP contribution in [0.2, 0.25) is 0 Å². The Hall–Kier alpha value is -1.49. The number of fused-ring (bicyclic) bond motifs is 1. The van der Waals surface area contributed by atoms with E-state index in [4.69, 9.17) is 4.74 Å². The Kier molecular flexibility index (Phi) is 3.96. The maximum Gasteiger partial charge on any atom is 0.339 e. The summed E-state index contributed by atoms with van der Waals surface area (Å²) < 4.78 is 6.65. The Labute approximate surface area is 122 Å². The third-order valence-electron chi connectivity index (χ3n) is 3.67. The van der Waals surface area contributed by atoms with Crippen molar-refractivity contribution in [2.24, 2.45) is 5.92 Å². The van der Waals surface area contributed by atoms with Crippen LogP contribution in [0.15, 0.2) is 24.5 Å². The summed E-state index contributed by atoms with van der Waals surface area (Å²) in [6.45, 7) is 0. The summed E-state index contributed by atoms with van der Waals surface area (Å²) in [5, 5.41) is 0. The van der Waals surface area contributed by atoms with Crippen LogP contribution in [0.25, 0.3) is 5.65 Å². The quantitative estimate of drug-likeness (QED) is 0.815. The van der Waals surface area contributed by atoms with Crippen molar-refractivity contribution in [3.63, 3.8) is 0 Å². The smallest absolute Gasteiger partial charge is 0.339 e. The van der Waals surface area contributed by atoms with E-state index < -0.39 is 0 Å². The molecule has 1 atom stereocenters. The molecular weight excluding hydrogens is 272 g/mol. The average Bonchev–Trinajstić information content (AvgIpc) is 2.88. The van der Waals surface area contributed by atoms with E-state index in [1.54, 1.807) is 12.3 Å². The van der Waals surface area contributed by atoms with Crippen molar-refractivity contribution < 1.29 is 9.53 Å². The lowest BCUT2D eigenvalue weighted by Crippen LogP contribution is -2.13. The van der Waals surface area contributed by atoms with Crippen molar-refractivity contribution in [3.8, 4) is 0 Å². The Balaban J connectivity index is 1.81. The van der Waals surface area contributed by atoms with E-state index in [1.807, 2.05) is 28.4 Å². The molecule has 2 aromatic rings. The standard InChI is InChI=1S/C15H18N2O2S/c1-19-15(18)12-4-5-14-16-13(9-17(14)8-12)7-11-3-2-6-20-10-11/h4-5,8-9,11H,2-3,6-7,10H2,1H3. The minimum atomic E-state index is -0.314. The first-order valence-corrected chi connectivity index (χ1v) is 8.05. The molecule has 0 radical (unpaired) electrons. The fourth-order valence-corrected chi connectivity index (χ4v) is 3.80. The summed E-state index contributed by atoms with van der Waals surface area (Å²) in [6, 6.07) is 3.62. The van der Waals surface area contributed by atoms with Gasteiger partial charge in [-0.2, -0.15) is 11.8 Å². The molecule has 0 aliphatic carbocycles. The van der Waals surface area contributed by atoms with E-state index in [-0.39, 0.29) is 5.97 Å². The lowest BCUT2D eigenvalue weighted by molar-refractivity contribution is 0.0600. The normalized spacial score (nSPS) is 19.1. The molecule has 3 heterocycles. The van der Waals surface area contributed by atoms with Crippen LogP contribution >= 0.6 is 11.8 Å². The van der Waals surface area contributed by atoms with Crippen LogP contribution in [0.1, 0.15) is 28.9 Å². The summed E-state index contributed by atoms with van der Waals surface area (Å²) >= 11 is 2.04. The molecular formula is C15H18N2O2S. The number of hydrogen-bond donors (Lipinski definition) is 0. The molecule has 1 unspecified atom stereocenters. The molecule has 0 saturated carbocycles. The van der Waals surface area contributed by atoms with Gasteiger partial charge >= 0.3 is 5.97 Å². The number of ether oxygens (including phenoxy) is 1. The Morgan fingerprint density at radius 3 is 3.15 bits per heavy atom. The minimum absolute atomic E-state index is 0.314. The molecule has 1 aliphatic heterocycles. The number of carbonyl (C=O) groups is 1. The number of pyridine rings is 1. The lowest BCUT2D eigenvalue weighted by atomic mass is 10.00. The Bertz CT molecular complexity index is 617. The lowest BCUT2D eigenvalue weighted by Gasteiger charge is -2.19. The highest BCUT2D eigenvalue weighted by molar-refractivity contribution is 7.99. The third kappa shape index (κ3) is 2.82. The maximum atomic E-state index is 11.5. The van der Waals surface area contributed by atoms with E-state index in [9.17, 15) is 4.79 Å². The number of esters is 1. The van der Waals surface area contributed by atoms with Gasteiger partial charge < -0.3 is 9.14 Å². The number of methoxy groups -OCH3 is 1. The minimum Gasteiger partial charge on any atom is -0.465 e. The molecule has 106 valence electrons. The zero-order valence-corrected chi connectivity index (χ0v) is 12.4. The van der Waals surface area contributed by atoms with Crippen molar-refractivity contribution in [1.82, 2.24) is 9.38 Å². The highest BCUT2D eigenvalue weighted by atomic mass is 32.2. The zero-order valence-electron chi connectivity index (χ0n) is 11.5. The van der Waals surface area contributed by atoms with E-state index in [2.05, 4.69) is 4.98 Å². The van der Waals surface area contributed by atoms with Gasteiger partial charge in [-0.3, -0.25) is 0 Å². The first-order chi connectivity index (χ1) is 9.76. The maximum absolute atomic E-state index is 11.5. The fourth-order valence-electron chi connectivity index (χ4n) is 2.65. The highest BCUT2D eigenvalue weighted by Crippen LogP contribution is 2.25. The van der Waals surface area contributed by atoms with Gasteiger partial charge in [-0.05, 0) is 48.8 Å². The first-order valence-electron chi connectivity index (χ1n) is 6.90. The number of thioether (sulfide) groups is 1. The van der Waals surface area contributed by atoms with Gasteiger partial charge in [0.15, 0.2) is 0 Å². The summed E-state index contributed by atoms with van der Waals surface area (Å²) in [5.41, 5.74) is 2.55. The largest absolute Gasteiger partial charge is 0.465 e. The van der Waals surface area contributed by atoms with E-state index in [0.717, 1.165) is 23.7 Å². The first kappa shape index (κ1) is 13.5. The fraction of sp³-hybridized carbons (Fsp3) is 0.467. The van der Waals surface area contributed by atoms with Crippen molar-refractivity contribution in [1.29, 1.82) is 0 Å². The molecule has 5 heteroatoms. The molecule has 1 aliphatic rings. The number of aromatic nitrogens is 2. The second kappa shape index (κ2) is 5.87. The van der Waals surface area contributed by atoms with Crippen molar-refractivity contribution in [2.75, 3.05) is 18.6 Å². The van der Waals surface area contributed by atoms with E-state index in [1.165, 1.54) is 31.5 Å². The van der Waals surface area contributed by atoms with Gasteiger partial charge in [0.25, 0.3) is 0 Å². The van der Waals surface area contributed by atoms with Gasteiger partial charge in [0.05, 0.1) is 18.4 Å². The molecule has 20 heavy (non-hydrogen) atoms. The van der Waals surface area contributed by atoms with Crippen LogP contribution in [-0.4, -0.2) is 34.0 Å². The van der Waals surface area contributed by atoms with Gasteiger partial charge in [0.1, 0.15) is 5.65 Å². The molecule has 0 spiro atoms. The van der Waals surface area contributed by atoms with Crippen molar-refractivity contribution >= 4 is 23.4 Å². The molecule has 1 fully saturated rings. The monoisotopic (exact) mass is 290 g/mol. The predicted molar refractivity (Wildman–Crippen MR) is 80.3 cm³/mol. The van der Waals surface area contributed by atoms with Crippen molar-refractivity contribution in [3.05, 3.63) is 35.8 Å². The van der Waals surface area contributed by atoms with Gasteiger partial charge in [0, 0.05) is 12.4 Å². The van der Waals surface area contributed by atoms with E-state index in [0.29, 0.717) is 5.56 Å². The van der Waals surface area contributed by atoms with Crippen LogP contribution in [0, 0.1) is 5.92 Å². The Morgan fingerprint density at radius 2 is 2.40 bits per heavy atom. The number of nitrogens with zero attached hydrogens (tertiary/aromatic N) is 2. The predicted octanol–water partition coefficient (Wildman–Crippen LogP) is 2.81. The zero-order chi connectivity index (χ0) is 13.9. The molecule has 1 saturated heterocycles. The van der Waals surface area contributed by atoms with Crippen LogP contribution < -0.4 is 0 Å². The molecule has 3 rings (SSSR count). The molecule has 2 aromatic heterocycles. The SMILES string of the molecule is COC(=O)c1ccc2nc(CC3CCCSC3)cn2c1. The summed E-state index contributed by atoms with van der Waals surface area (Å²) in [4.78, 5) is 16.2. The third-order valence-corrected chi connectivity index (χ3v) is 4.96. The highest BCUT2D eigenvalue weighted by Gasteiger charge is 2.16. The summed E-state index contributed by atoms with van der Waals surface area (Å²) in [7, 11) is 1.40.